The Hall–Kier alpha value is -4.49. The van der Waals surface area contributed by atoms with E-state index in [1.165, 1.54) is 22.7 Å². The molecule has 13 heteroatoms. The van der Waals surface area contributed by atoms with Crippen LogP contribution in [-0.4, -0.2) is 69.6 Å². The van der Waals surface area contributed by atoms with Gasteiger partial charge in [0.25, 0.3) is 5.91 Å². The van der Waals surface area contributed by atoms with E-state index in [0.29, 0.717) is 60.6 Å². The first-order valence-electron chi connectivity index (χ1n) is 15.4. The van der Waals surface area contributed by atoms with Gasteiger partial charge in [0.2, 0.25) is 15.9 Å². The van der Waals surface area contributed by atoms with E-state index >= 15 is 0 Å². The minimum Gasteiger partial charge on any atom is -0.381 e. The first kappa shape index (κ1) is 31.5. The van der Waals surface area contributed by atoms with Crippen molar-refractivity contribution in [3.63, 3.8) is 0 Å². The van der Waals surface area contributed by atoms with Gasteiger partial charge >= 0.3 is 0 Å². The lowest BCUT2D eigenvalue weighted by atomic mass is 10.0. The molecule has 1 atom stereocenters. The zero-order valence-electron chi connectivity index (χ0n) is 25.8. The van der Waals surface area contributed by atoms with Crippen molar-refractivity contribution in [2.75, 3.05) is 49.2 Å². The van der Waals surface area contributed by atoms with Crippen molar-refractivity contribution in [1.82, 2.24) is 20.4 Å². The van der Waals surface area contributed by atoms with Crippen LogP contribution in [0.1, 0.15) is 47.7 Å². The first-order valence-corrected chi connectivity index (χ1v) is 17.2. The van der Waals surface area contributed by atoms with Gasteiger partial charge in [-0.2, -0.15) is 5.10 Å². The number of anilines is 3. The standard InChI is InChI=1S/C33H37FN6O5S/c1-35-33(42)31-28-18-27(21-4-5-21)30(39(46(2,43)44)16-3-15-36-32(41)22-14-17-45-20-22)19-29(28)38-40(31)26-12-10-25(11-13-26)37-24-8-6-23(34)7-9-24/h6-13,18-19,21-22,37H,3-5,14-17,20H2,1-2H3,(H,35,42)(H,36,41). The van der Waals surface area contributed by atoms with Gasteiger partial charge in [-0.15, -0.1) is 0 Å². The van der Waals surface area contributed by atoms with Gasteiger partial charge in [-0.25, -0.2) is 17.5 Å². The lowest BCUT2D eigenvalue weighted by molar-refractivity contribution is -0.124. The molecule has 3 aromatic carbocycles. The van der Waals surface area contributed by atoms with Gasteiger partial charge in [-0.1, -0.05) is 0 Å². The number of ether oxygens (including phenoxy) is 1. The van der Waals surface area contributed by atoms with Crippen LogP contribution >= 0.6 is 0 Å². The molecule has 1 unspecified atom stereocenters. The largest absolute Gasteiger partial charge is 0.381 e. The summed E-state index contributed by atoms with van der Waals surface area (Å²) in [5.41, 5.74) is 4.35. The maximum Gasteiger partial charge on any atom is 0.270 e. The second-order valence-electron chi connectivity index (χ2n) is 11.8. The third-order valence-corrected chi connectivity index (χ3v) is 9.51. The van der Waals surface area contributed by atoms with Gasteiger partial charge < -0.3 is 20.7 Å². The van der Waals surface area contributed by atoms with E-state index in [1.807, 2.05) is 30.3 Å². The molecule has 11 nitrogen and oxygen atoms in total. The molecule has 2 amide bonds. The third kappa shape index (κ3) is 6.85. The summed E-state index contributed by atoms with van der Waals surface area (Å²) in [5.74, 6) is -0.714. The molecule has 0 spiro atoms. The molecule has 1 saturated carbocycles. The molecule has 0 bridgehead atoms. The highest BCUT2D eigenvalue weighted by Crippen LogP contribution is 2.46. The molecule has 6 rings (SSSR count). The van der Waals surface area contributed by atoms with Crippen LogP contribution in [0.5, 0.6) is 0 Å². The predicted molar refractivity (Wildman–Crippen MR) is 175 cm³/mol. The SMILES string of the molecule is CNC(=O)c1c2cc(C3CC3)c(N(CCCNC(=O)C3CCOC3)S(C)(=O)=O)cc2nn1-c1ccc(Nc2ccc(F)cc2)cc1. The van der Waals surface area contributed by atoms with Crippen LogP contribution < -0.4 is 20.3 Å². The van der Waals surface area contributed by atoms with Crippen molar-refractivity contribution in [1.29, 1.82) is 0 Å². The van der Waals surface area contributed by atoms with E-state index in [4.69, 9.17) is 9.84 Å². The normalized spacial score (nSPS) is 16.4. The zero-order chi connectivity index (χ0) is 32.4. The quantitative estimate of drug-likeness (QED) is 0.193. The minimum absolute atomic E-state index is 0.0740. The Kier molecular flexibility index (Phi) is 8.96. The fourth-order valence-electron chi connectivity index (χ4n) is 5.77. The van der Waals surface area contributed by atoms with Crippen LogP contribution in [-0.2, 0) is 19.6 Å². The van der Waals surface area contributed by atoms with Crippen LogP contribution in [0.2, 0.25) is 0 Å². The number of carbonyl (C=O) groups excluding carboxylic acids is 2. The Balaban J connectivity index is 1.31. The Morgan fingerprint density at radius 2 is 1.74 bits per heavy atom. The van der Waals surface area contributed by atoms with Gasteiger partial charge in [0.15, 0.2) is 0 Å². The molecule has 1 aliphatic heterocycles. The number of halogens is 1. The molecule has 4 aromatic rings. The second kappa shape index (κ2) is 13.1. The van der Waals surface area contributed by atoms with E-state index < -0.39 is 10.0 Å². The third-order valence-electron chi connectivity index (χ3n) is 8.33. The summed E-state index contributed by atoms with van der Waals surface area (Å²) < 4.78 is 47.8. The summed E-state index contributed by atoms with van der Waals surface area (Å²) in [7, 11) is -2.12. The van der Waals surface area contributed by atoms with E-state index in [9.17, 15) is 22.4 Å². The number of hydrogen-bond donors (Lipinski definition) is 3. The summed E-state index contributed by atoms with van der Waals surface area (Å²) in [6.45, 7) is 1.50. The Morgan fingerprint density at radius 1 is 1.04 bits per heavy atom. The molecule has 1 saturated heterocycles. The second-order valence-corrected chi connectivity index (χ2v) is 13.7. The number of nitrogens with zero attached hydrogens (tertiary/aromatic N) is 3. The number of amides is 2. The van der Waals surface area contributed by atoms with E-state index in [1.54, 1.807) is 29.9 Å². The lowest BCUT2D eigenvalue weighted by Gasteiger charge is -2.25. The van der Waals surface area contributed by atoms with Crippen LogP contribution in [0.15, 0.2) is 60.7 Å². The van der Waals surface area contributed by atoms with Gasteiger partial charge in [0, 0.05) is 43.5 Å². The van der Waals surface area contributed by atoms with E-state index in [-0.39, 0.29) is 36.0 Å². The number of fused-ring (bicyclic) bond motifs is 1. The number of sulfonamides is 1. The summed E-state index contributed by atoms with van der Waals surface area (Å²) >= 11 is 0. The van der Waals surface area contributed by atoms with Gasteiger partial charge in [-0.05, 0) is 97.8 Å². The van der Waals surface area contributed by atoms with Crippen molar-refractivity contribution < 1.29 is 27.1 Å². The molecular weight excluding hydrogens is 611 g/mol. The molecule has 1 aromatic heterocycles. The van der Waals surface area contributed by atoms with Crippen molar-refractivity contribution >= 4 is 49.8 Å². The lowest BCUT2D eigenvalue weighted by Crippen LogP contribution is -2.36. The van der Waals surface area contributed by atoms with Gasteiger partial charge in [0.05, 0.1) is 35.7 Å². The van der Waals surface area contributed by atoms with Crippen LogP contribution in [0.4, 0.5) is 21.5 Å². The highest BCUT2D eigenvalue weighted by Gasteiger charge is 2.32. The van der Waals surface area contributed by atoms with Crippen LogP contribution in [0, 0.1) is 11.7 Å². The summed E-state index contributed by atoms with van der Waals surface area (Å²) in [5, 5.41) is 14.3. The van der Waals surface area contributed by atoms with E-state index in [0.717, 1.165) is 29.8 Å². The number of nitrogens with one attached hydrogen (secondary N) is 3. The smallest absolute Gasteiger partial charge is 0.270 e. The molecule has 2 fully saturated rings. The number of benzene rings is 3. The summed E-state index contributed by atoms with van der Waals surface area (Å²) in [6.07, 6.45) is 4.13. The number of aromatic nitrogens is 2. The maximum atomic E-state index is 13.3. The average molecular weight is 649 g/mol. The molecule has 2 heterocycles. The molecule has 242 valence electrons. The summed E-state index contributed by atoms with van der Waals surface area (Å²) in [4.78, 5) is 25.7. The fraction of sp³-hybridized carbons (Fsp3) is 0.364. The van der Waals surface area contributed by atoms with E-state index in [2.05, 4.69) is 16.0 Å². The van der Waals surface area contributed by atoms with Crippen LogP contribution in [0.3, 0.4) is 0 Å². The highest BCUT2D eigenvalue weighted by molar-refractivity contribution is 7.92. The Labute approximate surface area is 267 Å². The molecular formula is C33H37FN6O5S. The fourth-order valence-corrected chi connectivity index (χ4v) is 6.75. The molecule has 46 heavy (non-hydrogen) atoms. The predicted octanol–water partition coefficient (Wildman–Crippen LogP) is 4.45. The average Bonchev–Trinajstić information content (AvgIpc) is 3.59. The molecule has 3 N–H and O–H groups in total. The number of rotatable bonds is 12. The first-order chi connectivity index (χ1) is 22.1. The van der Waals surface area contributed by atoms with Crippen molar-refractivity contribution in [2.45, 2.75) is 31.6 Å². The zero-order valence-corrected chi connectivity index (χ0v) is 26.6. The van der Waals surface area contributed by atoms with Crippen LogP contribution in [0.25, 0.3) is 16.6 Å². The minimum atomic E-state index is -3.68. The maximum absolute atomic E-state index is 13.3. The number of carbonyl (C=O) groups is 2. The molecule has 2 aliphatic rings. The topological polar surface area (TPSA) is 135 Å². The molecule has 0 radical (unpaired) electrons. The Bertz CT molecular complexity index is 1850. The van der Waals surface area contributed by atoms with Gasteiger partial charge in [0.1, 0.15) is 11.5 Å². The molecule has 1 aliphatic carbocycles. The monoisotopic (exact) mass is 648 g/mol. The van der Waals surface area contributed by atoms with Crippen molar-refractivity contribution in [2.24, 2.45) is 5.92 Å². The van der Waals surface area contributed by atoms with Crippen molar-refractivity contribution in [3.8, 4) is 5.69 Å². The van der Waals surface area contributed by atoms with Gasteiger partial charge in [-0.3, -0.25) is 13.9 Å². The highest BCUT2D eigenvalue weighted by atomic mass is 32.2. The number of hydrogen-bond acceptors (Lipinski definition) is 7. The Morgan fingerprint density at radius 3 is 2.35 bits per heavy atom. The van der Waals surface area contributed by atoms with Crippen molar-refractivity contribution in [3.05, 3.63) is 77.7 Å². The summed E-state index contributed by atoms with van der Waals surface area (Å²) in [6, 6.07) is 17.0.